The van der Waals surface area contributed by atoms with E-state index in [-0.39, 0.29) is 11.8 Å². The maximum absolute atomic E-state index is 13.2. The summed E-state index contributed by atoms with van der Waals surface area (Å²) in [6, 6.07) is 2.66. The van der Waals surface area contributed by atoms with Gasteiger partial charge >= 0.3 is 0 Å². The van der Waals surface area contributed by atoms with Crippen LogP contribution in [0.4, 0.5) is 0 Å². The van der Waals surface area contributed by atoms with E-state index in [1.165, 1.54) is 37.8 Å². The van der Waals surface area contributed by atoms with E-state index in [4.69, 9.17) is 0 Å². The maximum atomic E-state index is 13.2. The zero-order valence-corrected chi connectivity index (χ0v) is 16.9. The molecule has 0 atom stereocenters. The summed E-state index contributed by atoms with van der Waals surface area (Å²) in [4.78, 5) is 30.0. The van der Waals surface area contributed by atoms with Crippen molar-refractivity contribution in [1.82, 2.24) is 14.4 Å². The molecule has 3 aliphatic rings. The molecule has 0 radical (unpaired) electrons. The number of carbonyl (C=O) groups is 2. The van der Waals surface area contributed by atoms with Crippen molar-refractivity contribution in [2.75, 3.05) is 26.2 Å². The van der Waals surface area contributed by atoms with Gasteiger partial charge in [0.15, 0.2) is 0 Å². The normalized spacial score (nSPS) is 22.0. The van der Waals surface area contributed by atoms with Gasteiger partial charge in [-0.3, -0.25) is 9.59 Å². The number of aryl methyl sites for hydroxylation is 1. The van der Waals surface area contributed by atoms with Crippen LogP contribution < -0.4 is 0 Å². The third-order valence-electron chi connectivity index (χ3n) is 6.68. The molecule has 0 aromatic carbocycles. The van der Waals surface area contributed by atoms with E-state index in [2.05, 4.69) is 24.5 Å². The van der Waals surface area contributed by atoms with Crippen LogP contribution in [0.5, 0.6) is 0 Å². The van der Waals surface area contributed by atoms with E-state index in [9.17, 15) is 9.59 Å². The minimum absolute atomic E-state index is 0.141. The Morgan fingerprint density at radius 2 is 1.52 bits per heavy atom. The third-order valence-corrected chi connectivity index (χ3v) is 6.68. The van der Waals surface area contributed by atoms with Crippen LogP contribution in [-0.2, 0) is 4.79 Å². The highest BCUT2D eigenvalue weighted by Crippen LogP contribution is 2.38. The number of hydrogen-bond acceptors (Lipinski definition) is 2. The van der Waals surface area contributed by atoms with Crippen LogP contribution in [0.2, 0.25) is 0 Å². The molecular weight excluding hydrogens is 338 g/mol. The van der Waals surface area contributed by atoms with E-state index in [0.717, 1.165) is 43.6 Å². The summed E-state index contributed by atoms with van der Waals surface area (Å²) >= 11 is 0. The largest absolute Gasteiger partial charge is 0.345 e. The summed E-state index contributed by atoms with van der Waals surface area (Å²) < 4.78 is 2.34. The SMILES string of the molecule is Cc1cc(C(=O)N2CCCN(C(=O)C3CCCCC3)CC2)c(C)n1C1CC1. The van der Waals surface area contributed by atoms with Crippen molar-refractivity contribution in [1.29, 1.82) is 0 Å². The lowest BCUT2D eigenvalue weighted by Gasteiger charge is -2.28. The van der Waals surface area contributed by atoms with Crippen LogP contribution in [0, 0.1) is 19.8 Å². The van der Waals surface area contributed by atoms with E-state index in [0.29, 0.717) is 25.0 Å². The van der Waals surface area contributed by atoms with Gasteiger partial charge in [0.1, 0.15) is 0 Å². The second-order valence-corrected chi connectivity index (χ2v) is 8.69. The van der Waals surface area contributed by atoms with Crippen LogP contribution in [0.1, 0.15) is 79.2 Å². The molecule has 1 saturated heterocycles. The minimum Gasteiger partial charge on any atom is -0.345 e. The summed E-state index contributed by atoms with van der Waals surface area (Å²) in [6.45, 7) is 7.07. The van der Waals surface area contributed by atoms with Crippen molar-refractivity contribution in [2.24, 2.45) is 5.92 Å². The third kappa shape index (κ3) is 3.78. The van der Waals surface area contributed by atoms with Gasteiger partial charge in [0.05, 0.1) is 5.56 Å². The summed E-state index contributed by atoms with van der Waals surface area (Å²) in [7, 11) is 0. The quantitative estimate of drug-likeness (QED) is 0.813. The Morgan fingerprint density at radius 3 is 2.22 bits per heavy atom. The van der Waals surface area contributed by atoms with Gasteiger partial charge in [-0.05, 0) is 52.0 Å². The maximum Gasteiger partial charge on any atom is 0.255 e. The van der Waals surface area contributed by atoms with Crippen molar-refractivity contribution in [3.63, 3.8) is 0 Å². The standard InChI is InChI=1S/C22H33N3O2/c1-16-15-20(17(2)25(16)19-9-10-19)22(27)24-12-6-11-23(13-14-24)21(26)18-7-4-3-5-8-18/h15,18-19H,3-14H2,1-2H3. The molecule has 3 fully saturated rings. The monoisotopic (exact) mass is 371 g/mol. The van der Waals surface area contributed by atoms with Crippen LogP contribution in [-0.4, -0.2) is 52.4 Å². The molecule has 0 N–H and O–H groups in total. The van der Waals surface area contributed by atoms with E-state index in [1.807, 2.05) is 9.80 Å². The molecule has 0 spiro atoms. The lowest BCUT2D eigenvalue weighted by Crippen LogP contribution is -2.40. The number of rotatable bonds is 3. The molecule has 5 heteroatoms. The number of carbonyl (C=O) groups excluding carboxylic acids is 2. The van der Waals surface area contributed by atoms with Gasteiger partial charge in [-0.2, -0.15) is 0 Å². The molecule has 4 rings (SSSR count). The first-order valence-electron chi connectivity index (χ1n) is 10.8. The molecule has 1 aliphatic heterocycles. The fourth-order valence-corrected chi connectivity index (χ4v) is 5.01. The smallest absolute Gasteiger partial charge is 0.255 e. The Bertz CT molecular complexity index is 713. The molecule has 0 bridgehead atoms. The fourth-order valence-electron chi connectivity index (χ4n) is 5.01. The fraction of sp³-hybridized carbons (Fsp3) is 0.727. The van der Waals surface area contributed by atoms with Crippen LogP contribution >= 0.6 is 0 Å². The number of nitrogens with zero attached hydrogens (tertiary/aromatic N) is 3. The first kappa shape index (κ1) is 18.6. The number of hydrogen-bond donors (Lipinski definition) is 0. The second-order valence-electron chi connectivity index (χ2n) is 8.69. The molecule has 0 unspecified atom stereocenters. The summed E-state index contributed by atoms with van der Waals surface area (Å²) in [5.41, 5.74) is 3.16. The molecule has 148 valence electrons. The minimum atomic E-state index is 0.141. The van der Waals surface area contributed by atoms with Crippen LogP contribution in [0.25, 0.3) is 0 Å². The summed E-state index contributed by atoms with van der Waals surface area (Å²) in [5.74, 6) is 0.691. The summed E-state index contributed by atoms with van der Waals surface area (Å²) in [5, 5.41) is 0. The molecule has 2 heterocycles. The summed E-state index contributed by atoms with van der Waals surface area (Å²) in [6.07, 6.45) is 9.07. The van der Waals surface area contributed by atoms with Crippen LogP contribution in [0.15, 0.2) is 6.07 Å². The molecule has 1 aromatic rings. The zero-order valence-electron chi connectivity index (χ0n) is 16.9. The van der Waals surface area contributed by atoms with Gasteiger partial charge in [-0.15, -0.1) is 0 Å². The van der Waals surface area contributed by atoms with Gasteiger partial charge in [-0.1, -0.05) is 19.3 Å². The molecule has 2 amide bonds. The second kappa shape index (κ2) is 7.69. The van der Waals surface area contributed by atoms with Crippen LogP contribution in [0.3, 0.4) is 0 Å². The van der Waals surface area contributed by atoms with E-state index >= 15 is 0 Å². The van der Waals surface area contributed by atoms with Gasteiger partial charge in [0.25, 0.3) is 5.91 Å². The Hall–Kier alpha value is -1.78. The van der Waals surface area contributed by atoms with Crippen molar-refractivity contribution < 1.29 is 9.59 Å². The lowest BCUT2D eigenvalue weighted by molar-refractivity contribution is -0.136. The van der Waals surface area contributed by atoms with E-state index in [1.54, 1.807) is 0 Å². The van der Waals surface area contributed by atoms with Crippen molar-refractivity contribution >= 4 is 11.8 Å². The highest BCUT2D eigenvalue weighted by atomic mass is 16.2. The van der Waals surface area contributed by atoms with Gasteiger partial charge < -0.3 is 14.4 Å². The lowest BCUT2D eigenvalue weighted by atomic mass is 9.88. The average molecular weight is 372 g/mol. The highest BCUT2D eigenvalue weighted by molar-refractivity contribution is 5.96. The molecule has 1 aromatic heterocycles. The number of amides is 2. The Morgan fingerprint density at radius 1 is 0.852 bits per heavy atom. The molecule has 27 heavy (non-hydrogen) atoms. The zero-order chi connectivity index (χ0) is 19.0. The average Bonchev–Trinajstić information content (AvgIpc) is 3.49. The van der Waals surface area contributed by atoms with Crippen molar-refractivity contribution in [2.45, 2.75) is 71.3 Å². The Kier molecular flexibility index (Phi) is 5.29. The van der Waals surface area contributed by atoms with Crippen molar-refractivity contribution in [3.8, 4) is 0 Å². The van der Waals surface area contributed by atoms with Gasteiger partial charge in [0.2, 0.25) is 5.91 Å². The molecule has 2 aliphatic carbocycles. The van der Waals surface area contributed by atoms with Gasteiger partial charge in [-0.25, -0.2) is 0 Å². The van der Waals surface area contributed by atoms with Crippen molar-refractivity contribution in [3.05, 3.63) is 23.0 Å². The topological polar surface area (TPSA) is 45.6 Å². The molecule has 5 nitrogen and oxygen atoms in total. The first-order valence-corrected chi connectivity index (χ1v) is 10.8. The predicted molar refractivity (Wildman–Crippen MR) is 106 cm³/mol. The number of aromatic nitrogens is 1. The Balaban J connectivity index is 1.41. The predicted octanol–water partition coefficient (Wildman–Crippen LogP) is 3.69. The highest BCUT2D eigenvalue weighted by Gasteiger charge is 2.31. The molecule has 2 saturated carbocycles. The van der Waals surface area contributed by atoms with E-state index < -0.39 is 0 Å². The molecular formula is C22H33N3O2. The Labute approximate surface area is 162 Å². The van der Waals surface area contributed by atoms with Gasteiger partial charge in [0, 0.05) is 49.5 Å². The first-order chi connectivity index (χ1) is 13.1.